The zero-order valence-corrected chi connectivity index (χ0v) is 12.6. The molecular formula is C9H19NaO4S. The van der Waals surface area contributed by atoms with Crippen LogP contribution in [0.4, 0.5) is 0 Å². The molecule has 0 amide bonds. The van der Waals surface area contributed by atoms with Crippen LogP contribution in [0.15, 0.2) is 0 Å². The van der Waals surface area contributed by atoms with Crippen LogP contribution in [0.25, 0.3) is 0 Å². The van der Waals surface area contributed by atoms with Gasteiger partial charge in [-0.15, -0.1) is 0 Å². The van der Waals surface area contributed by atoms with E-state index >= 15 is 0 Å². The molecule has 0 heterocycles. The Labute approximate surface area is 114 Å². The van der Waals surface area contributed by atoms with Crippen molar-refractivity contribution < 1.29 is 47.6 Å². The van der Waals surface area contributed by atoms with E-state index in [9.17, 15) is 18.1 Å². The first-order chi connectivity index (χ1) is 6.41. The van der Waals surface area contributed by atoms with Gasteiger partial charge < -0.3 is 9.66 Å². The molecule has 0 spiro atoms. The van der Waals surface area contributed by atoms with Gasteiger partial charge in [0.2, 0.25) is 0 Å². The number of aliphatic hydroxyl groups excluding tert-OH is 1. The SMILES string of the molecule is CCCCC(CC(O)CC)S(=O)(=O)[O-].[Na+]. The summed E-state index contributed by atoms with van der Waals surface area (Å²) in [4.78, 5) is 0. The molecule has 0 aliphatic rings. The van der Waals surface area contributed by atoms with Crippen molar-refractivity contribution in [3.05, 3.63) is 0 Å². The van der Waals surface area contributed by atoms with Gasteiger partial charge in [-0.05, 0) is 19.3 Å². The van der Waals surface area contributed by atoms with Gasteiger partial charge in [0.05, 0.1) is 21.5 Å². The number of unbranched alkanes of at least 4 members (excludes halogenated alkanes) is 1. The third-order valence-electron chi connectivity index (χ3n) is 2.29. The van der Waals surface area contributed by atoms with Crippen molar-refractivity contribution in [1.29, 1.82) is 0 Å². The van der Waals surface area contributed by atoms with E-state index in [0.29, 0.717) is 19.3 Å². The van der Waals surface area contributed by atoms with Gasteiger partial charge >= 0.3 is 29.6 Å². The zero-order valence-electron chi connectivity index (χ0n) is 9.77. The fourth-order valence-corrected chi connectivity index (χ4v) is 2.20. The quantitative estimate of drug-likeness (QED) is 0.427. The van der Waals surface area contributed by atoms with Crippen LogP contribution in [0.1, 0.15) is 46.0 Å². The van der Waals surface area contributed by atoms with E-state index in [1.165, 1.54) is 0 Å². The Morgan fingerprint density at radius 3 is 2.20 bits per heavy atom. The van der Waals surface area contributed by atoms with E-state index in [1.807, 2.05) is 6.92 Å². The number of hydrogen-bond donors (Lipinski definition) is 1. The van der Waals surface area contributed by atoms with E-state index in [2.05, 4.69) is 0 Å². The van der Waals surface area contributed by atoms with Crippen molar-refractivity contribution in [2.45, 2.75) is 57.3 Å². The predicted molar refractivity (Wildman–Crippen MR) is 53.9 cm³/mol. The third kappa shape index (κ3) is 8.65. The molecule has 2 unspecified atom stereocenters. The first-order valence-electron chi connectivity index (χ1n) is 5.04. The first-order valence-corrected chi connectivity index (χ1v) is 6.51. The second-order valence-corrected chi connectivity index (χ2v) is 5.21. The average Bonchev–Trinajstić information content (AvgIpc) is 2.09. The van der Waals surface area contributed by atoms with Crippen LogP contribution < -0.4 is 29.6 Å². The predicted octanol–water partition coefficient (Wildman–Crippen LogP) is -1.74. The minimum Gasteiger partial charge on any atom is -0.748 e. The Morgan fingerprint density at radius 2 is 1.87 bits per heavy atom. The molecule has 0 saturated heterocycles. The second kappa shape index (κ2) is 8.96. The van der Waals surface area contributed by atoms with Crippen molar-refractivity contribution in [3.8, 4) is 0 Å². The molecule has 15 heavy (non-hydrogen) atoms. The third-order valence-corrected chi connectivity index (χ3v) is 3.54. The molecule has 1 N–H and O–H groups in total. The minimum atomic E-state index is -4.25. The Bertz CT molecular complexity index is 240. The van der Waals surface area contributed by atoms with Gasteiger partial charge in [-0.2, -0.15) is 0 Å². The van der Waals surface area contributed by atoms with E-state index in [4.69, 9.17) is 0 Å². The molecule has 0 radical (unpaired) electrons. The summed E-state index contributed by atoms with van der Waals surface area (Å²) in [6.07, 6.45) is 1.80. The van der Waals surface area contributed by atoms with Gasteiger partial charge in [-0.3, -0.25) is 0 Å². The fraction of sp³-hybridized carbons (Fsp3) is 1.00. The summed E-state index contributed by atoms with van der Waals surface area (Å²) in [7, 11) is -4.25. The maximum absolute atomic E-state index is 10.8. The monoisotopic (exact) mass is 246 g/mol. The normalized spacial score (nSPS) is 15.5. The molecule has 0 bridgehead atoms. The maximum Gasteiger partial charge on any atom is 1.00 e. The molecule has 2 atom stereocenters. The van der Waals surface area contributed by atoms with Crippen molar-refractivity contribution in [3.63, 3.8) is 0 Å². The van der Waals surface area contributed by atoms with E-state index in [1.54, 1.807) is 6.92 Å². The van der Waals surface area contributed by atoms with Gasteiger partial charge in [-0.1, -0.05) is 26.7 Å². The largest absolute Gasteiger partial charge is 1.00 e. The Kier molecular flexibility index (Phi) is 10.9. The summed E-state index contributed by atoms with van der Waals surface area (Å²) in [5, 5.41) is 8.37. The van der Waals surface area contributed by atoms with Crippen molar-refractivity contribution in [2.75, 3.05) is 0 Å². The molecule has 0 fully saturated rings. The molecule has 0 aliphatic carbocycles. The summed E-state index contributed by atoms with van der Waals surface area (Å²) in [5.41, 5.74) is 0. The molecule has 0 aromatic heterocycles. The summed E-state index contributed by atoms with van der Waals surface area (Å²) in [5.74, 6) is 0. The van der Waals surface area contributed by atoms with Crippen molar-refractivity contribution in [1.82, 2.24) is 0 Å². The second-order valence-electron chi connectivity index (χ2n) is 3.55. The number of hydrogen-bond acceptors (Lipinski definition) is 4. The Hall–Kier alpha value is 0.870. The van der Waals surface area contributed by atoms with Crippen molar-refractivity contribution in [2.24, 2.45) is 0 Å². The van der Waals surface area contributed by atoms with Gasteiger partial charge in [0.15, 0.2) is 0 Å². The van der Waals surface area contributed by atoms with Crippen LogP contribution in [0, 0.1) is 0 Å². The molecule has 0 aromatic rings. The molecule has 0 saturated carbocycles. The van der Waals surface area contributed by atoms with Crippen LogP contribution in [0.3, 0.4) is 0 Å². The average molecular weight is 246 g/mol. The van der Waals surface area contributed by atoms with Crippen LogP contribution in [-0.2, 0) is 10.1 Å². The van der Waals surface area contributed by atoms with Crippen LogP contribution >= 0.6 is 0 Å². The molecule has 4 nitrogen and oxygen atoms in total. The van der Waals surface area contributed by atoms with Crippen LogP contribution in [-0.4, -0.2) is 29.4 Å². The number of rotatable bonds is 7. The van der Waals surface area contributed by atoms with Crippen LogP contribution in [0.2, 0.25) is 0 Å². The summed E-state index contributed by atoms with van der Waals surface area (Å²) >= 11 is 0. The topological polar surface area (TPSA) is 77.4 Å². The molecule has 86 valence electrons. The maximum atomic E-state index is 10.8. The molecule has 0 rings (SSSR count). The Morgan fingerprint density at radius 1 is 1.33 bits per heavy atom. The van der Waals surface area contributed by atoms with Gasteiger partial charge in [-0.25, -0.2) is 8.42 Å². The standard InChI is InChI=1S/C9H20O4S.Na/c1-3-5-6-9(14(11,12)13)7-8(10)4-2;/h8-10H,3-7H2,1-2H3,(H,11,12,13);/q;+1/p-1. The number of aliphatic hydroxyl groups is 1. The van der Waals surface area contributed by atoms with Crippen LogP contribution in [0.5, 0.6) is 0 Å². The zero-order chi connectivity index (χ0) is 11.2. The van der Waals surface area contributed by atoms with E-state index in [-0.39, 0.29) is 36.0 Å². The van der Waals surface area contributed by atoms with Gasteiger partial charge in [0.25, 0.3) is 0 Å². The Balaban J connectivity index is 0. The van der Waals surface area contributed by atoms with Gasteiger partial charge in [0.1, 0.15) is 0 Å². The molecule has 6 heteroatoms. The molecular weight excluding hydrogens is 227 g/mol. The minimum absolute atomic E-state index is 0. The first kappa shape index (κ1) is 18.2. The molecule has 0 aromatic carbocycles. The summed E-state index contributed by atoms with van der Waals surface area (Å²) in [6.45, 7) is 3.70. The van der Waals surface area contributed by atoms with Crippen molar-refractivity contribution >= 4 is 10.1 Å². The summed E-state index contributed by atoms with van der Waals surface area (Å²) < 4.78 is 32.5. The molecule has 0 aliphatic heterocycles. The van der Waals surface area contributed by atoms with E-state index < -0.39 is 21.5 Å². The van der Waals surface area contributed by atoms with Gasteiger partial charge in [0, 0.05) is 0 Å². The smallest absolute Gasteiger partial charge is 0.748 e. The van der Waals surface area contributed by atoms with E-state index in [0.717, 1.165) is 6.42 Å². The summed E-state index contributed by atoms with van der Waals surface area (Å²) in [6, 6.07) is 0. The fourth-order valence-electron chi connectivity index (χ4n) is 1.28.